The van der Waals surface area contributed by atoms with E-state index in [1.54, 1.807) is 11.3 Å². The van der Waals surface area contributed by atoms with Crippen LogP contribution in [0.1, 0.15) is 22.6 Å². The number of hydrogen-bond acceptors (Lipinski definition) is 2. The van der Waals surface area contributed by atoms with Gasteiger partial charge in [-0.05, 0) is 49.8 Å². The van der Waals surface area contributed by atoms with Crippen LogP contribution in [0.15, 0.2) is 29.8 Å². The molecule has 1 aromatic carbocycles. The Balaban J connectivity index is 1.92. The van der Waals surface area contributed by atoms with Crippen molar-refractivity contribution in [2.45, 2.75) is 26.2 Å². The number of benzene rings is 1. The summed E-state index contributed by atoms with van der Waals surface area (Å²) in [7, 11) is 0. The first-order valence-electron chi connectivity index (χ1n) is 6.38. The lowest BCUT2D eigenvalue weighted by Crippen LogP contribution is -2.07. The minimum Gasteiger partial charge on any atom is -0.250 e. The van der Waals surface area contributed by atoms with Crippen molar-refractivity contribution < 1.29 is 0 Å². The Kier molecular flexibility index (Phi) is 5.86. The second kappa shape index (κ2) is 7.41. The van der Waals surface area contributed by atoms with Crippen LogP contribution in [0, 0.1) is 12.8 Å². The van der Waals surface area contributed by atoms with Crippen molar-refractivity contribution in [1.82, 2.24) is 4.98 Å². The summed E-state index contributed by atoms with van der Waals surface area (Å²) in [5, 5.41) is 1.85. The normalized spacial score (nSPS) is 12.6. The largest absolute Gasteiger partial charge is 0.250 e. The predicted octanol–water partition coefficient (Wildman–Crippen LogP) is 5.29. The molecule has 2 rings (SSSR count). The van der Waals surface area contributed by atoms with E-state index in [1.165, 1.54) is 22.6 Å². The van der Waals surface area contributed by atoms with E-state index >= 15 is 0 Å². The zero-order chi connectivity index (χ0) is 13.7. The Morgan fingerprint density at radius 2 is 2.26 bits per heavy atom. The Bertz CT molecular complexity index is 526. The second-order valence-electron chi connectivity index (χ2n) is 4.75. The van der Waals surface area contributed by atoms with E-state index in [-0.39, 0.29) is 0 Å². The maximum atomic E-state index is 6.03. The smallest absolute Gasteiger partial charge is 0.0797 e. The summed E-state index contributed by atoms with van der Waals surface area (Å²) in [5.41, 5.74) is 4.43. The van der Waals surface area contributed by atoms with E-state index in [4.69, 9.17) is 11.6 Å². The van der Waals surface area contributed by atoms with E-state index in [2.05, 4.69) is 40.0 Å². The van der Waals surface area contributed by atoms with Gasteiger partial charge in [0.2, 0.25) is 0 Å². The number of thiazole rings is 1. The van der Waals surface area contributed by atoms with Crippen molar-refractivity contribution in [3.63, 3.8) is 0 Å². The molecule has 0 spiro atoms. The minimum absolute atomic E-state index is 0.639. The van der Waals surface area contributed by atoms with Gasteiger partial charge in [0.15, 0.2) is 0 Å². The Labute approximate surface area is 132 Å². The monoisotopic (exact) mass is 357 g/mol. The van der Waals surface area contributed by atoms with Gasteiger partial charge in [-0.3, -0.25) is 0 Å². The van der Waals surface area contributed by atoms with Crippen molar-refractivity contribution >= 4 is 38.9 Å². The summed E-state index contributed by atoms with van der Waals surface area (Å²) in [6.45, 7) is 2.09. The number of halogens is 2. The van der Waals surface area contributed by atoms with Crippen molar-refractivity contribution in [2.24, 2.45) is 5.92 Å². The fourth-order valence-corrected chi connectivity index (χ4v) is 3.69. The highest BCUT2D eigenvalue weighted by Crippen LogP contribution is 2.22. The molecule has 0 aliphatic rings. The van der Waals surface area contributed by atoms with Gasteiger partial charge in [0.25, 0.3) is 0 Å². The lowest BCUT2D eigenvalue weighted by molar-refractivity contribution is 0.544. The van der Waals surface area contributed by atoms with Crippen molar-refractivity contribution in [3.05, 3.63) is 50.9 Å². The van der Waals surface area contributed by atoms with Gasteiger partial charge in [-0.15, -0.1) is 11.3 Å². The molecule has 102 valence electrons. The molecule has 1 nitrogen and oxygen atoms in total. The first-order chi connectivity index (χ1) is 9.19. The fraction of sp³-hybridized carbons (Fsp3) is 0.400. The van der Waals surface area contributed by atoms with Crippen LogP contribution in [-0.2, 0) is 12.8 Å². The summed E-state index contributed by atoms with van der Waals surface area (Å²) in [4.78, 5) is 5.72. The summed E-state index contributed by atoms with van der Waals surface area (Å²) in [6, 6.07) is 8.17. The molecule has 0 aliphatic carbocycles. The maximum Gasteiger partial charge on any atom is 0.0797 e. The van der Waals surface area contributed by atoms with Crippen LogP contribution >= 0.6 is 38.9 Å². The Morgan fingerprint density at radius 3 is 2.89 bits per heavy atom. The highest BCUT2D eigenvalue weighted by Gasteiger charge is 2.11. The molecular weight excluding hydrogens is 342 g/mol. The molecule has 0 saturated carbocycles. The van der Waals surface area contributed by atoms with E-state index < -0.39 is 0 Å². The highest BCUT2D eigenvalue weighted by atomic mass is 79.9. The molecule has 4 heteroatoms. The highest BCUT2D eigenvalue weighted by molar-refractivity contribution is 9.09. The molecule has 2 aromatic rings. The zero-order valence-electron chi connectivity index (χ0n) is 10.9. The molecule has 0 amide bonds. The average molecular weight is 359 g/mol. The van der Waals surface area contributed by atoms with Gasteiger partial charge >= 0.3 is 0 Å². The maximum absolute atomic E-state index is 6.03. The third kappa shape index (κ3) is 4.59. The first kappa shape index (κ1) is 15.0. The number of alkyl halides is 1. The molecule has 0 aliphatic heterocycles. The summed E-state index contributed by atoms with van der Waals surface area (Å²) in [5.74, 6) is 0.639. The minimum atomic E-state index is 0.639. The van der Waals surface area contributed by atoms with Crippen LogP contribution in [0.5, 0.6) is 0 Å². The molecule has 0 bridgehead atoms. The lowest BCUT2D eigenvalue weighted by Gasteiger charge is -2.14. The lowest BCUT2D eigenvalue weighted by atomic mass is 9.96. The topological polar surface area (TPSA) is 12.9 Å². The number of aromatic nitrogens is 1. The third-order valence-electron chi connectivity index (χ3n) is 3.26. The van der Waals surface area contributed by atoms with Crippen molar-refractivity contribution in [2.75, 3.05) is 5.33 Å². The van der Waals surface area contributed by atoms with Crippen LogP contribution in [0.25, 0.3) is 0 Å². The Morgan fingerprint density at radius 1 is 1.42 bits per heavy atom. The van der Waals surface area contributed by atoms with E-state index in [1.807, 2.05) is 17.6 Å². The fourth-order valence-electron chi connectivity index (χ4n) is 2.13. The van der Waals surface area contributed by atoms with Crippen LogP contribution in [0.3, 0.4) is 0 Å². The van der Waals surface area contributed by atoms with E-state index in [9.17, 15) is 0 Å². The Hall–Kier alpha value is -0.380. The van der Waals surface area contributed by atoms with Crippen LogP contribution in [-0.4, -0.2) is 10.3 Å². The van der Waals surface area contributed by atoms with E-state index in [0.29, 0.717) is 5.92 Å². The molecule has 0 fully saturated rings. The van der Waals surface area contributed by atoms with Gasteiger partial charge < -0.3 is 0 Å². The molecule has 1 heterocycles. The van der Waals surface area contributed by atoms with Gasteiger partial charge in [0, 0.05) is 15.2 Å². The summed E-state index contributed by atoms with van der Waals surface area (Å²) >= 11 is 11.4. The van der Waals surface area contributed by atoms with Gasteiger partial charge in [0.1, 0.15) is 0 Å². The summed E-state index contributed by atoms with van der Waals surface area (Å²) < 4.78 is 0. The molecule has 1 aromatic heterocycles. The number of nitrogens with zero attached hydrogens (tertiary/aromatic N) is 1. The molecule has 19 heavy (non-hydrogen) atoms. The van der Waals surface area contributed by atoms with Gasteiger partial charge in [-0.25, -0.2) is 4.98 Å². The van der Waals surface area contributed by atoms with Gasteiger partial charge in [-0.2, -0.15) is 0 Å². The molecule has 1 unspecified atom stereocenters. The van der Waals surface area contributed by atoms with Gasteiger partial charge in [0.05, 0.1) is 11.2 Å². The third-order valence-corrected chi connectivity index (χ3v) is 5.40. The number of aryl methyl sites for hydroxylation is 2. The van der Waals surface area contributed by atoms with Crippen molar-refractivity contribution in [3.8, 4) is 0 Å². The summed E-state index contributed by atoms with van der Waals surface area (Å²) in [6.07, 6.45) is 3.37. The molecule has 0 N–H and O–H groups in total. The predicted molar refractivity (Wildman–Crippen MR) is 87.6 cm³/mol. The standard InChI is InChI=1S/C15H17BrClNS/c1-11-15(19-10-18-11)6-5-13(9-16)7-12-3-2-4-14(17)8-12/h2-4,8,10,13H,5-7,9H2,1H3. The van der Waals surface area contributed by atoms with Crippen LogP contribution in [0.2, 0.25) is 5.02 Å². The van der Waals surface area contributed by atoms with Crippen molar-refractivity contribution in [1.29, 1.82) is 0 Å². The SMILES string of the molecule is Cc1ncsc1CCC(CBr)Cc1cccc(Cl)c1. The number of hydrogen-bond donors (Lipinski definition) is 0. The zero-order valence-corrected chi connectivity index (χ0v) is 14.1. The first-order valence-corrected chi connectivity index (χ1v) is 8.76. The van der Waals surface area contributed by atoms with Crippen LogP contribution < -0.4 is 0 Å². The molecular formula is C15H17BrClNS. The van der Waals surface area contributed by atoms with Crippen LogP contribution in [0.4, 0.5) is 0 Å². The second-order valence-corrected chi connectivity index (χ2v) is 6.78. The molecule has 0 radical (unpaired) electrons. The number of rotatable bonds is 6. The van der Waals surface area contributed by atoms with E-state index in [0.717, 1.165) is 23.2 Å². The van der Waals surface area contributed by atoms with Gasteiger partial charge in [-0.1, -0.05) is 39.7 Å². The molecule has 1 atom stereocenters. The molecule has 0 saturated heterocycles. The quantitative estimate of drug-likeness (QED) is 0.639. The average Bonchev–Trinajstić information content (AvgIpc) is 2.80.